The Hall–Kier alpha value is -1.47. The molecule has 0 aromatic carbocycles. The number of carbonyl (C=O) groups excluding carboxylic acids is 1. The average molecular weight is 945 g/mol. The molecule has 3 aliphatic heterocycles. The summed E-state index contributed by atoms with van der Waals surface area (Å²) in [6.45, 7) is 10.8. The Morgan fingerprint density at radius 3 is 2.05 bits per heavy atom. The molecular weight excluding hydrogens is 868 g/mol. The fourth-order valence-corrected chi connectivity index (χ4v) is 14.8. The monoisotopic (exact) mass is 944 g/mol. The van der Waals surface area contributed by atoms with Gasteiger partial charge in [0.1, 0.15) is 67.1 Å². The quantitative estimate of drug-likeness (QED) is 0.0947. The van der Waals surface area contributed by atoms with Crippen molar-refractivity contribution in [3.63, 3.8) is 0 Å². The van der Waals surface area contributed by atoms with Crippen LogP contribution in [0.3, 0.4) is 0 Å². The molecule has 378 valence electrons. The first-order valence-corrected chi connectivity index (χ1v) is 24.1. The second-order valence-electron chi connectivity index (χ2n) is 22.5. The average Bonchev–Trinajstić information content (AvgIpc) is 3.28. The van der Waals surface area contributed by atoms with Crippen LogP contribution in [0, 0.1) is 50.7 Å². The molecule has 19 heteroatoms. The van der Waals surface area contributed by atoms with Gasteiger partial charge in [-0.25, -0.2) is 0 Å². The molecule has 8 rings (SSSR count). The zero-order valence-electron chi connectivity index (χ0n) is 38.9. The summed E-state index contributed by atoms with van der Waals surface area (Å²) in [6.07, 6.45) is -18.1. The van der Waals surface area contributed by atoms with Gasteiger partial charge in [-0.15, -0.1) is 0 Å². The topological polar surface area (TPSA) is 315 Å². The van der Waals surface area contributed by atoms with Crippen LogP contribution in [0.1, 0.15) is 99.3 Å². The molecule has 26 atom stereocenters. The van der Waals surface area contributed by atoms with E-state index < -0.39 is 134 Å². The van der Waals surface area contributed by atoms with Gasteiger partial charge in [0.15, 0.2) is 12.6 Å². The molecule has 0 aromatic rings. The highest BCUT2D eigenvalue weighted by Gasteiger charge is 2.70. The van der Waals surface area contributed by atoms with E-state index in [1.54, 1.807) is 0 Å². The van der Waals surface area contributed by atoms with Crippen molar-refractivity contribution >= 4 is 5.97 Å². The van der Waals surface area contributed by atoms with Gasteiger partial charge in [-0.2, -0.15) is 0 Å². The van der Waals surface area contributed by atoms with E-state index in [-0.39, 0.29) is 40.6 Å². The summed E-state index contributed by atoms with van der Waals surface area (Å²) in [7, 11) is 0. The Balaban J connectivity index is 0.970. The third kappa shape index (κ3) is 7.77. The van der Waals surface area contributed by atoms with Gasteiger partial charge in [-0.05, 0) is 105 Å². The fourth-order valence-electron chi connectivity index (χ4n) is 14.8. The van der Waals surface area contributed by atoms with Crippen molar-refractivity contribution in [2.45, 2.75) is 204 Å². The number of aliphatic hydroxyl groups is 12. The third-order valence-corrected chi connectivity index (χ3v) is 19.1. The lowest BCUT2D eigenvalue weighted by molar-refractivity contribution is -0.361. The van der Waals surface area contributed by atoms with Crippen molar-refractivity contribution in [2.24, 2.45) is 50.7 Å². The molecule has 8 aliphatic rings. The molecule has 0 aromatic heterocycles. The maximum absolute atomic E-state index is 14.9. The molecule has 3 heterocycles. The second kappa shape index (κ2) is 18.3. The number of aliphatic hydroxyl groups excluding tert-OH is 12. The Morgan fingerprint density at radius 2 is 1.36 bits per heavy atom. The summed E-state index contributed by atoms with van der Waals surface area (Å²) >= 11 is 0. The van der Waals surface area contributed by atoms with Crippen LogP contribution in [0.2, 0.25) is 0 Å². The van der Waals surface area contributed by atoms with Crippen molar-refractivity contribution in [3.05, 3.63) is 11.6 Å². The normalized spacial score (nSPS) is 56.2. The van der Waals surface area contributed by atoms with Gasteiger partial charge in [0, 0.05) is 5.41 Å². The maximum Gasteiger partial charge on any atom is 0.315 e. The first-order chi connectivity index (χ1) is 30.9. The molecular formula is C47H76O19. The van der Waals surface area contributed by atoms with E-state index in [4.69, 9.17) is 28.4 Å². The van der Waals surface area contributed by atoms with Gasteiger partial charge in [0.25, 0.3) is 0 Å². The molecule has 4 saturated carbocycles. The zero-order chi connectivity index (χ0) is 48.2. The molecule has 0 amide bonds. The van der Waals surface area contributed by atoms with Crippen LogP contribution in [0.5, 0.6) is 0 Å². The molecule has 19 nitrogen and oxygen atoms in total. The van der Waals surface area contributed by atoms with Crippen LogP contribution in [0.25, 0.3) is 0 Å². The minimum absolute atomic E-state index is 0.00562. The van der Waals surface area contributed by atoms with Gasteiger partial charge in [-0.3, -0.25) is 4.79 Å². The van der Waals surface area contributed by atoms with E-state index in [0.29, 0.717) is 38.0 Å². The summed E-state index contributed by atoms with van der Waals surface area (Å²) in [5.41, 5.74) is -1.56. The van der Waals surface area contributed by atoms with Crippen molar-refractivity contribution in [1.29, 1.82) is 0 Å². The number of fused-ring (bicyclic) bond motifs is 7. The van der Waals surface area contributed by atoms with Crippen LogP contribution < -0.4 is 0 Å². The Bertz CT molecular complexity index is 1790. The smallest absolute Gasteiger partial charge is 0.315 e. The third-order valence-electron chi connectivity index (χ3n) is 19.1. The molecule has 3 saturated heterocycles. The number of allylic oxidation sites excluding steroid dienone is 2. The first kappa shape index (κ1) is 50.9. The lowest BCUT2D eigenvalue weighted by Crippen LogP contribution is -2.68. The van der Waals surface area contributed by atoms with Crippen molar-refractivity contribution in [2.75, 3.05) is 19.8 Å². The van der Waals surface area contributed by atoms with E-state index in [1.165, 1.54) is 12.5 Å². The number of hydrogen-bond acceptors (Lipinski definition) is 19. The van der Waals surface area contributed by atoms with E-state index in [2.05, 4.69) is 33.8 Å². The molecule has 12 N–H and O–H groups in total. The lowest BCUT2D eigenvalue weighted by atomic mass is 9.33. The standard InChI is InChI=1S/C47H76O19/c1-20-9-12-47(14-13-45(5)22(23(47)15-20)7-8-28-43(3)16-24(50)38(59)44(4,19-49)27(43)10-11-46(28,45)6)42(60)66-41-35(57)32(54)30(52)26(64-41)18-61-39-36(58)33(55)37(25(17-48)63-39)65-40-34(56)31(53)29(51)21(2)62-40/h7,20-21,23-41,48-59H,8-19H2,1-6H3/t20-,21+,23+,24-,25-,26-,27-,28-,29+,30-,31-,32+,33-,34-,35-,36-,37-,38+,39-,40+,41+,43+,44+,45-,46-,47+/m1/s1. The van der Waals surface area contributed by atoms with E-state index in [0.717, 1.165) is 25.7 Å². The SMILES string of the molecule is C[C@@H]1CC[C@]2(C(=O)O[C@@H]3O[C@H](CO[C@@H]4O[C@H](CO)[C@@H](O[C@@H]5O[C@@H](C)[C@H](O)[C@@H](O)[C@H]5O)[C@H](O)[C@H]4O)[C@@H](O)[C@H](O)[C@H]3O)CC[C@]3(C)C(=CC[C@@H]4[C@@]5(C)C[C@@H](O)[C@H](O)[C@@](C)(CO)[C@@H]5CC[C@]43C)[C@@H]2C1. The minimum atomic E-state index is -1.86. The van der Waals surface area contributed by atoms with Crippen LogP contribution >= 0.6 is 0 Å². The molecule has 0 spiro atoms. The number of carbonyl (C=O) groups is 1. The molecule has 0 radical (unpaired) electrons. The Morgan fingerprint density at radius 1 is 0.712 bits per heavy atom. The molecule has 5 aliphatic carbocycles. The largest absolute Gasteiger partial charge is 0.432 e. The van der Waals surface area contributed by atoms with Crippen molar-refractivity contribution in [1.82, 2.24) is 0 Å². The van der Waals surface area contributed by atoms with Gasteiger partial charge in [0.2, 0.25) is 6.29 Å². The Kier molecular flexibility index (Phi) is 14.1. The van der Waals surface area contributed by atoms with E-state index >= 15 is 0 Å². The number of esters is 1. The summed E-state index contributed by atoms with van der Waals surface area (Å²) in [4.78, 5) is 14.9. The van der Waals surface area contributed by atoms with Gasteiger partial charge >= 0.3 is 5.97 Å². The highest BCUT2D eigenvalue weighted by atomic mass is 16.8. The number of rotatable bonds is 9. The molecule has 66 heavy (non-hydrogen) atoms. The highest BCUT2D eigenvalue weighted by molar-refractivity contribution is 5.79. The summed E-state index contributed by atoms with van der Waals surface area (Å²) in [5, 5.41) is 129. The maximum atomic E-state index is 14.9. The van der Waals surface area contributed by atoms with Gasteiger partial charge < -0.3 is 89.7 Å². The molecule has 0 bridgehead atoms. The number of ether oxygens (including phenoxy) is 6. The summed E-state index contributed by atoms with van der Waals surface area (Å²) in [6, 6.07) is 0. The highest BCUT2D eigenvalue weighted by Crippen LogP contribution is 2.75. The molecule has 7 fully saturated rings. The molecule has 0 unspecified atom stereocenters. The lowest BCUT2D eigenvalue weighted by Gasteiger charge is -2.71. The predicted molar refractivity (Wildman–Crippen MR) is 227 cm³/mol. The van der Waals surface area contributed by atoms with Gasteiger partial charge in [0.05, 0.1) is 43.5 Å². The summed E-state index contributed by atoms with van der Waals surface area (Å²) < 4.78 is 34.6. The van der Waals surface area contributed by atoms with Crippen LogP contribution in [-0.2, 0) is 33.2 Å². The van der Waals surface area contributed by atoms with E-state index in [1.807, 2.05) is 6.92 Å². The van der Waals surface area contributed by atoms with E-state index in [9.17, 15) is 66.1 Å². The Labute approximate surface area is 385 Å². The van der Waals surface area contributed by atoms with Crippen LogP contribution in [0.15, 0.2) is 11.6 Å². The van der Waals surface area contributed by atoms with Gasteiger partial charge in [-0.1, -0.05) is 46.3 Å². The fraction of sp³-hybridized carbons (Fsp3) is 0.936. The van der Waals surface area contributed by atoms with Crippen LogP contribution in [-0.4, -0.2) is 191 Å². The van der Waals surface area contributed by atoms with Crippen LogP contribution in [0.4, 0.5) is 0 Å². The van der Waals surface area contributed by atoms with Crippen molar-refractivity contribution in [3.8, 4) is 0 Å². The minimum Gasteiger partial charge on any atom is -0.432 e. The zero-order valence-corrected chi connectivity index (χ0v) is 38.9. The summed E-state index contributed by atoms with van der Waals surface area (Å²) in [5.74, 6) is -0.362. The predicted octanol–water partition coefficient (Wildman–Crippen LogP) is -1.28. The second-order valence-corrected chi connectivity index (χ2v) is 22.5. The first-order valence-electron chi connectivity index (χ1n) is 24.1. The van der Waals surface area contributed by atoms with Crippen molar-refractivity contribution < 1.29 is 94.5 Å². The number of hydrogen-bond donors (Lipinski definition) is 12.